The molecule has 0 aliphatic carbocycles. The number of nitrogens with one attached hydrogen (secondary N) is 1. The molecule has 0 unspecified atom stereocenters. The lowest BCUT2D eigenvalue weighted by molar-refractivity contribution is -0.131. The molecule has 2 N–H and O–H groups in total. The van der Waals surface area contributed by atoms with Gasteiger partial charge < -0.3 is 33.2 Å². The number of carbonyl (C=O) groups excluding carboxylic acids is 1. The van der Waals surface area contributed by atoms with Crippen molar-refractivity contribution in [2.45, 2.75) is 46.1 Å². The highest BCUT2D eigenvalue weighted by atomic mass is 28.4. The molecule has 0 radical (unpaired) electrons. The highest BCUT2D eigenvalue weighted by Gasteiger charge is 2.39. The third kappa shape index (κ3) is 10.5. The molecule has 0 bridgehead atoms. The lowest BCUT2D eigenvalue weighted by atomic mass is 10.0. The lowest BCUT2D eigenvalue weighted by Gasteiger charge is -2.28. The van der Waals surface area contributed by atoms with Gasteiger partial charge in [0, 0.05) is 43.9 Å². The maximum absolute atomic E-state index is 12.0. The Morgan fingerprint density at radius 2 is 1.54 bits per heavy atom. The van der Waals surface area contributed by atoms with Crippen LogP contribution in [0.5, 0.6) is 5.75 Å². The van der Waals surface area contributed by atoms with Gasteiger partial charge in [0.2, 0.25) is 0 Å². The summed E-state index contributed by atoms with van der Waals surface area (Å²) >= 11 is 0. The summed E-state index contributed by atoms with van der Waals surface area (Å²) in [7, 11) is -2.70. The van der Waals surface area contributed by atoms with Crippen LogP contribution in [0.2, 0.25) is 6.04 Å². The minimum absolute atomic E-state index is 0.296. The van der Waals surface area contributed by atoms with E-state index in [9.17, 15) is 9.59 Å². The fourth-order valence-electron chi connectivity index (χ4n) is 3.83. The number of carbonyl (C=O) groups is 2. The van der Waals surface area contributed by atoms with Gasteiger partial charge in [0.15, 0.2) is 0 Å². The van der Waals surface area contributed by atoms with Crippen molar-refractivity contribution in [1.82, 2.24) is 5.32 Å². The molecule has 0 saturated heterocycles. The van der Waals surface area contributed by atoms with E-state index in [4.69, 9.17) is 27.9 Å². The first-order valence-corrected chi connectivity index (χ1v) is 14.8. The zero-order valence-corrected chi connectivity index (χ0v) is 23.0. The fraction of sp³-hybridized carbons (Fsp3) is 0.481. The summed E-state index contributed by atoms with van der Waals surface area (Å²) in [6.45, 7) is 8.55. The Kier molecular flexibility index (Phi) is 13.7. The number of aliphatic carboxylic acids is 1. The Hall–Kier alpha value is -2.92. The lowest BCUT2D eigenvalue weighted by Crippen LogP contribution is -2.46. The summed E-state index contributed by atoms with van der Waals surface area (Å²) in [6, 6.07) is 12.0. The van der Waals surface area contributed by atoms with E-state index >= 15 is 0 Å². The first-order valence-electron chi connectivity index (χ1n) is 12.8. The molecule has 2 rings (SSSR count). The number of rotatable bonds is 18. The van der Waals surface area contributed by atoms with E-state index in [2.05, 4.69) is 5.32 Å². The maximum atomic E-state index is 12.0. The minimum Gasteiger partial charge on any atom is -0.493 e. The molecule has 0 aromatic heterocycles. The summed E-state index contributed by atoms with van der Waals surface area (Å²) in [5.41, 5.74) is 0.812. The summed E-state index contributed by atoms with van der Waals surface area (Å²) < 4.78 is 28.7. The standard InChI is InChI=1S/C27H39NO8Si/c1-4-34-37(35-5-2,36-6-3)21-11-18-28-27(31)33-20-10-9-19-32-25-16-14-22(15-17-26(29)30)23-12-7-8-13-24(23)25/h7-8,12-17H,4-6,9-11,18-21H2,1-3H3,(H,28,31)(H,29,30). The second-order valence-corrected chi connectivity index (χ2v) is 10.8. The molecule has 2 aromatic rings. The van der Waals surface area contributed by atoms with Gasteiger partial charge in [0.25, 0.3) is 0 Å². The smallest absolute Gasteiger partial charge is 0.493 e. The van der Waals surface area contributed by atoms with Crippen LogP contribution in [0.4, 0.5) is 4.79 Å². The molecule has 9 nitrogen and oxygen atoms in total. The zero-order valence-electron chi connectivity index (χ0n) is 22.0. The molecule has 0 heterocycles. The molecule has 2 aromatic carbocycles. The van der Waals surface area contributed by atoms with Crippen molar-refractivity contribution in [2.75, 3.05) is 39.6 Å². The minimum atomic E-state index is -2.70. The van der Waals surface area contributed by atoms with Gasteiger partial charge in [-0.1, -0.05) is 30.3 Å². The molecular weight excluding hydrogens is 494 g/mol. The maximum Gasteiger partial charge on any atom is 0.500 e. The second-order valence-electron chi connectivity index (χ2n) is 8.07. The van der Waals surface area contributed by atoms with Crippen LogP contribution in [0, 0.1) is 0 Å². The summed E-state index contributed by atoms with van der Waals surface area (Å²) in [5.74, 6) is -0.263. The van der Waals surface area contributed by atoms with Crippen molar-refractivity contribution in [3.63, 3.8) is 0 Å². The van der Waals surface area contributed by atoms with Crippen LogP contribution in [0.1, 0.15) is 45.6 Å². The highest BCUT2D eigenvalue weighted by molar-refractivity contribution is 6.60. The number of ether oxygens (including phenoxy) is 2. The van der Waals surface area contributed by atoms with E-state index in [-0.39, 0.29) is 0 Å². The summed E-state index contributed by atoms with van der Waals surface area (Å²) in [4.78, 5) is 22.8. The van der Waals surface area contributed by atoms with Crippen LogP contribution < -0.4 is 10.1 Å². The summed E-state index contributed by atoms with van der Waals surface area (Å²) in [5, 5.41) is 13.5. The van der Waals surface area contributed by atoms with Gasteiger partial charge in [-0.3, -0.25) is 0 Å². The first kappa shape index (κ1) is 30.3. The quantitative estimate of drug-likeness (QED) is 0.152. The van der Waals surface area contributed by atoms with Gasteiger partial charge in [-0.15, -0.1) is 0 Å². The predicted octanol–water partition coefficient (Wildman–Crippen LogP) is 5.26. The molecule has 0 saturated carbocycles. The van der Waals surface area contributed by atoms with Gasteiger partial charge in [0.05, 0.1) is 13.2 Å². The Morgan fingerprint density at radius 3 is 2.19 bits per heavy atom. The van der Waals surface area contributed by atoms with Crippen LogP contribution in [-0.2, 0) is 22.8 Å². The fourth-order valence-corrected chi connectivity index (χ4v) is 6.44. The zero-order chi connectivity index (χ0) is 26.9. The van der Waals surface area contributed by atoms with E-state index in [1.165, 1.54) is 0 Å². The van der Waals surface area contributed by atoms with Crippen LogP contribution in [0.3, 0.4) is 0 Å². The summed E-state index contributed by atoms with van der Waals surface area (Å²) in [6.07, 6.45) is 4.30. The van der Waals surface area contributed by atoms with Crippen LogP contribution in [0.25, 0.3) is 16.8 Å². The van der Waals surface area contributed by atoms with Crippen molar-refractivity contribution in [2.24, 2.45) is 0 Å². The number of unbranched alkanes of at least 4 members (excludes halogenated alkanes) is 1. The van der Waals surface area contributed by atoms with E-state index in [1.807, 2.05) is 57.2 Å². The number of hydrogen-bond acceptors (Lipinski definition) is 7. The van der Waals surface area contributed by atoms with Crippen LogP contribution in [0.15, 0.2) is 42.5 Å². The van der Waals surface area contributed by atoms with Gasteiger partial charge >= 0.3 is 20.9 Å². The van der Waals surface area contributed by atoms with Crippen molar-refractivity contribution in [1.29, 1.82) is 0 Å². The normalized spacial score (nSPS) is 11.6. The number of carboxylic acids is 1. The monoisotopic (exact) mass is 533 g/mol. The third-order valence-corrected chi connectivity index (χ3v) is 8.53. The number of alkyl carbamates (subject to hydrolysis) is 1. The SMILES string of the molecule is CCO[Si](CCCNC(=O)OCCCCOc1ccc(C=CC(=O)O)c2ccccc12)(OCC)OCC. The molecular formula is C27H39NO8Si. The number of hydrogen-bond donors (Lipinski definition) is 2. The molecule has 1 amide bonds. The average Bonchev–Trinajstić information content (AvgIpc) is 2.88. The molecule has 0 spiro atoms. The molecule has 0 aliphatic rings. The topological polar surface area (TPSA) is 113 Å². The average molecular weight is 534 g/mol. The molecule has 37 heavy (non-hydrogen) atoms. The Morgan fingerprint density at radius 1 is 0.892 bits per heavy atom. The van der Waals surface area contributed by atoms with E-state index < -0.39 is 20.9 Å². The number of amides is 1. The van der Waals surface area contributed by atoms with Gasteiger partial charge in [-0.2, -0.15) is 0 Å². The Balaban J connectivity index is 1.69. The molecule has 204 valence electrons. The molecule has 10 heteroatoms. The van der Waals surface area contributed by atoms with Gasteiger partial charge in [0.1, 0.15) is 5.75 Å². The van der Waals surface area contributed by atoms with Crippen molar-refractivity contribution >= 4 is 37.7 Å². The molecule has 0 atom stereocenters. The number of carboxylic acid groups (broad SMARTS) is 1. The largest absolute Gasteiger partial charge is 0.500 e. The second kappa shape index (κ2) is 16.7. The first-order chi connectivity index (χ1) is 17.9. The Bertz CT molecular complexity index is 996. The molecule has 0 aliphatic heterocycles. The third-order valence-electron chi connectivity index (χ3n) is 5.37. The number of fused-ring (bicyclic) bond motifs is 1. The van der Waals surface area contributed by atoms with Crippen molar-refractivity contribution in [3.8, 4) is 5.75 Å². The van der Waals surface area contributed by atoms with E-state index in [0.29, 0.717) is 64.9 Å². The Labute approximate surface area is 220 Å². The van der Waals surface area contributed by atoms with Crippen LogP contribution in [-0.4, -0.2) is 65.6 Å². The highest BCUT2D eigenvalue weighted by Crippen LogP contribution is 2.29. The van der Waals surface area contributed by atoms with E-state index in [0.717, 1.165) is 28.2 Å². The van der Waals surface area contributed by atoms with Crippen molar-refractivity contribution in [3.05, 3.63) is 48.0 Å². The van der Waals surface area contributed by atoms with E-state index in [1.54, 1.807) is 6.08 Å². The number of benzene rings is 2. The molecule has 0 fully saturated rings. The van der Waals surface area contributed by atoms with Crippen molar-refractivity contribution < 1.29 is 37.4 Å². The van der Waals surface area contributed by atoms with Gasteiger partial charge in [-0.05, 0) is 63.1 Å². The van der Waals surface area contributed by atoms with Gasteiger partial charge in [-0.25, -0.2) is 9.59 Å². The predicted molar refractivity (Wildman–Crippen MR) is 145 cm³/mol. The van der Waals surface area contributed by atoms with Crippen LogP contribution >= 0.6 is 0 Å².